The zero-order chi connectivity index (χ0) is 22.5. The molecule has 3 N–H and O–H groups in total. The van der Waals surface area contributed by atoms with Crippen LogP contribution in [0.5, 0.6) is 17.2 Å². The predicted octanol–water partition coefficient (Wildman–Crippen LogP) is 5.98. The van der Waals surface area contributed by atoms with Crippen LogP contribution in [-0.2, 0) is 0 Å². The van der Waals surface area contributed by atoms with Gasteiger partial charge in [0.2, 0.25) is 5.78 Å². The van der Waals surface area contributed by atoms with E-state index < -0.39 is 0 Å². The molecule has 0 aliphatic rings. The van der Waals surface area contributed by atoms with Crippen molar-refractivity contribution in [3.63, 3.8) is 0 Å². The first-order chi connectivity index (χ1) is 15.6. The lowest BCUT2D eigenvalue weighted by molar-refractivity contribution is 0.104. The molecule has 4 aromatic rings. The van der Waals surface area contributed by atoms with E-state index in [4.69, 9.17) is 15.2 Å². The zero-order valence-electron chi connectivity index (χ0n) is 17.2. The third-order valence-corrected chi connectivity index (χ3v) is 5.83. The molecule has 0 spiro atoms. The van der Waals surface area contributed by atoms with Gasteiger partial charge in [-0.3, -0.25) is 4.79 Å². The van der Waals surface area contributed by atoms with Crippen molar-refractivity contribution in [3.05, 3.63) is 94.9 Å². The summed E-state index contributed by atoms with van der Waals surface area (Å²) in [5.74, 6) is 1.84. The number of nitrogens with zero attached hydrogens (tertiary/aromatic N) is 1. The van der Waals surface area contributed by atoms with Crippen molar-refractivity contribution in [1.82, 2.24) is 0 Å². The number of methoxy groups -OCH3 is 1. The molecule has 0 aliphatic heterocycles. The van der Waals surface area contributed by atoms with Gasteiger partial charge in [0.25, 0.3) is 0 Å². The van der Waals surface area contributed by atoms with Crippen LogP contribution in [0, 0.1) is 11.3 Å². The van der Waals surface area contributed by atoms with E-state index in [2.05, 4.69) is 11.4 Å². The fourth-order valence-corrected chi connectivity index (χ4v) is 4.10. The van der Waals surface area contributed by atoms with Crippen molar-refractivity contribution in [2.75, 3.05) is 18.2 Å². The highest BCUT2D eigenvalue weighted by molar-refractivity contribution is 7.19. The summed E-state index contributed by atoms with van der Waals surface area (Å²) in [7, 11) is 1.56. The van der Waals surface area contributed by atoms with E-state index in [-0.39, 0.29) is 17.0 Å². The molecule has 4 rings (SSSR count). The number of nitrogens with one attached hydrogen (secondary N) is 1. The number of hydrogen-bond acceptors (Lipinski definition) is 7. The Morgan fingerprint density at radius 3 is 2.19 bits per heavy atom. The van der Waals surface area contributed by atoms with E-state index >= 15 is 0 Å². The normalized spacial score (nSPS) is 10.2. The first-order valence-electron chi connectivity index (χ1n) is 9.70. The van der Waals surface area contributed by atoms with E-state index in [0.717, 1.165) is 22.8 Å². The van der Waals surface area contributed by atoms with Crippen LogP contribution < -0.4 is 20.5 Å². The Morgan fingerprint density at radius 1 is 0.938 bits per heavy atom. The maximum Gasteiger partial charge on any atom is 0.205 e. The number of hydrogen-bond donors (Lipinski definition) is 2. The topological polar surface area (TPSA) is 97.4 Å². The second-order valence-corrected chi connectivity index (χ2v) is 7.80. The number of nitrogens with two attached hydrogens (primary N) is 1. The molecule has 158 valence electrons. The Hall–Kier alpha value is -4.28. The van der Waals surface area contributed by atoms with Gasteiger partial charge in [-0.2, -0.15) is 5.26 Å². The summed E-state index contributed by atoms with van der Waals surface area (Å²) >= 11 is 1.15. The number of carbonyl (C=O) groups excluding carboxylic acids is 1. The minimum atomic E-state index is -0.244. The van der Waals surface area contributed by atoms with Crippen molar-refractivity contribution in [2.45, 2.75) is 0 Å². The van der Waals surface area contributed by atoms with Crippen LogP contribution in [0.15, 0.2) is 78.9 Å². The SMILES string of the molecule is COc1ccc(C(=O)c2sc(Nc3ccc(Oc4ccccc4)cc3)c(C#N)c2N)cc1. The fraction of sp³-hybridized carbons (Fsp3) is 0.0400. The molecule has 0 amide bonds. The van der Waals surface area contributed by atoms with E-state index in [1.165, 1.54) is 0 Å². The minimum Gasteiger partial charge on any atom is -0.497 e. The maximum absolute atomic E-state index is 13.0. The first kappa shape index (κ1) is 21.0. The molecule has 0 aliphatic carbocycles. The van der Waals surface area contributed by atoms with Gasteiger partial charge < -0.3 is 20.5 Å². The lowest BCUT2D eigenvalue weighted by Crippen LogP contribution is -2.02. The molecule has 7 heteroatoms. The lowest BCUT2D eigenvalue weighted by Gasteiger charge is -2.08. The standard InChI is InChI=1S/C25H19N3O3S/c1-30-18-11-7-16(8-12-18)23(29)24-22(27)21(15-26)25(32-24)28-17-9-13-20(14-10-17)31-19-5-3-2-4-6-19/h2-14,28H,27H2,1H3. The summed E-state index contributed by atoms with van der Waals surface area (Å²) < 4.78 is 10.9. The molecule has 3 aromatic carbocycles. The van der Waals surface area contributed by atoms with Gasteiger partial charge in [0.15, 0.2) is 0 Å². The molecule has 0 fully saturated rings. The Kier molecular flexibility index (Phi) is 6.06. The number of benzene rings is 3. The number of thiophene rings is 1. The van der Waals surface area contributed by atoms with Gasteiger partial charge in [0, 0.05) is 11.3 Å². The maximum atomic E-state index is 13.0. The van der Waals surface area contributed by atoms with Gasteiger partial charge in [0.1, 0.15) is 38.8 Å². The molecule has 0 bridgehead atoms. The third kappa shape index (κ3) is 4.41. The van der Waals surface area contributed by atoms with E-state index in [9.17, 15) is 10.1 Å². The van der Waals surface area contributed by atoms with Crippen LogP contribution >= 0.6 is 11.3 Å². The Bertz CT molecular complexity index is 1280. The molecular weight excluding hydrogens is 422 g/mol. The number of nitrogen functional groups attached to an aromatic ring is 1. The van der Waals surface area contributed by atoms with Gasteiger partial charge in [-0.25, -0.2) is 0 Å². The summed E-state index contributed by atoms with van der Waals surface area (Å²) in [6.45, 7) is 0. The Labute approximate surface area is 189 Å². The van der Waals surface area contributed by atoms with Gasteiger partial charge in [-0.15, -0.1) is 11.3 Å². The van der Waals surface area contributed by atoms with Crippen molar-refractivity contribution in [3.8, 4) is 23.3 Å². The number of ketones is 1. The third-order valence-electron chi connectivity index (χ3n) is 4.71. The number of rotatable bonds is 7. The van der Waals surface area contributed by atoms with E-state index in [1.807, 2.05) is 54.6 Å². The second-order valence-electron chi connectivity index (χ2n) is 6.78. The molecule has 0 unspecified atom stereocenters. The van der Waals surface area contributed by atoms with Crippen molar-refractivity contribution >= 4 is 33.5 Å². The smallest absolute Gasteiger partial charge is 0.205 e. The van der Waals surface area contributed by atoms with Crippen molar-refractivity contribution in [1.29, 1.82) is 5.26 Å². The van der Waals surface area contributed by atoms with Crippen LogP contribution in [0.2, 0.25) is 0 Å². The molecular formula is C25H19N3O3S. The number of anilines is 3. The molecule has 0 saturated carbocycles. The number of ether oxygens (including phenoxy) is 2. The summed E-state index contributed by atoms with van der Waals surface area (Å²) in [5.41, 5.74) is 7.78. The summed E-state index contributed by atoms with van der Waals surface area (Å²) in [5, 5.41) is 13.3. The molecule has 6 nitrogen and oxygen atoms in total. The monoisotopic (exact) mass is 441 g/mol. The number of carbonyl (C=O) groups is 1. The molecule has 0 radical (unpaired) electrons. The Morgan fingerprint density at radius 2 is 1.56 bits per heavy atom. The fourth-order valence-electron chi connectivity index (χ4n) is 3.05. The molecule has 0 saturated heterocycles. The number of nitriles is 1. The summed E-state index contributed by atoms with van der Waals surface area (Å²) in [4.78, 5) is 13.3. The van der Waals surface area contributed by atoms with Gasteiger partial charge >= 0.3 is 0 Å². The summed E-state index contributed by atoms with van der Waals surface area (Å²) in [6, 6.07) is 25.7. The molecule has 1 heterocycles. The average Bonchev–Trinajstić information content (AvgIpc) is 3.15. The van der Waals surface area contributed by atoms with Crippen LogP contribution in [0.25, 0.3) is 0 Å². The van der Waals surface area contributed by atoms with Crippen molar-refractivity contribution < 1.29 is 14.3 Å². The number of para-hydroxylation sites is 1. The van der Waals surface area contributed by atoms with Crippen LogP contribution in [-0.4, -0.2) is 12.9 Å². The molecule has 32 heavy (non-hydrogen) atoms. The highest BCUT2D eigenvalue weighted by atomic mass is 32.1. The van der Waals surface area contributed by atoms with E-state index in [0.29, 0.717) is 26.9 Å². The molecule has 0 atom stereocenters. The predicted molar refractivity (Wildman–Crippen MR) is 126 cm³/mol. The first-order valence-corrected chi connectivity index (χ1v) is 10.5. The quantitative estimate of drug-likeness (QED) is 0.343. The summed E-state index contributed by atoms with van der Waals surface area (Å²) in [6.07, 6.45) is 0. The van der Waals surface area contributed by atoms with Crippen LogP contribution in [0.3, 0.4) is 0 Å². The minimum absolute atomic E-state index is 0.171. The highest BCUT2D eigenvalue weighted by Crippen LogP contribution is 2.38. The Balaban J connectivity index is 1.55. The lowest BCUT2D eigenvalue weighted by atomic mass is 10.1. The zero-order valence-corrected chi connectivity index (χ0v) is 18.0. The van der Waals surface area contributed by atoms with Gasteiger partial charge in [0.05, 0.1) is 12.8 Å². The van der Waals surface area contributed by atoms with Gasteiger partial charge in [-0.1, -0.05) is 18.2 Å². The van der Waals surface area contributed by atoms with Crippen LogP contribution in [0.4, 0.5) is 16.4 Å². The largest absolute Gasteiger partial charge is 0.497 e. The van der Waals surface area contributed by atoms with Crippen LogP contribution in [0.1, 0.15) is 20.8 Å². The second kappa shape index (κ2) is 9.25. The highest BCUT2D eigenvalue weighted by Gasteiger charge is 2.22. The van der Waals surface area contributed by atoms with E-state index in [1.54, 1.807) is 31.4 Å². The van der Waals surface area contributed by atoms with Crippen molar-refractivity contribution in [2.24, 2.45) is 0 Å². The average molecular weight is 442 g/mol. The van der Waals surface area contributed by atoms with Gasteiger partial charge in [-0.05, 0) is 60.7 Å². The molecule has 1 aromatic heterocycles.